The number of aromatic nitrogens is 2. The number of hydrogen-bond donors (Lipinski definition) is 1. The van der Waals surface area contributed by atoms with Crippen molar-refractivity contribution < 1.29 is 14.3 Å². The molecular formula is C39H35FN2O2. The second-order valence-electron chi connectivity index (χ2n) is 10.00. The summed E-state index contributed by atoms with van der Waals surface area (Å²) in [5, 5.41) is 9.63. The van der Waals surface area contributed by atoms with Crippen LogP contribution in [0.15, 0.2) is 135 Å². The average molecular weight is 583 g/mol. The fourth-order valence-corrected chi connectivity index (χ4v) is 4.94. The first-order valence-corrected chi connectivity index (χ1v) is 14.4. The molecule has 3 aromatic carbocycles. The van der Waals surface area contributed by atoms with E-state index in [1.54, 1.807) is 24.3 Å². The molecule has 0 aliphatic rings. The lowest BCUT2D eigenvalue weighted by Gasteiger charge is -2.17. The number of rotatable bonds is 12. The third-order valence-electron chi connectivity index (χ3n) is 6.95. The van der Waals surface area contributed by atoms with Gasteiger partial charge < -0.3 is 5.11 Å². The number of hydrogen-bond acceptors (Lipinski definition) is 3. The molecule has 1 N–H and O–H groups in total. The van der Waals surface area contributed by atoms with Gasteiger partial charge >= 0.3 is 5.97 Å². The molecule has 4 rings (SSSR count). The van der Waals surface area contributed by atoms with Crippen molar-refractivity contribution in [3.05, 3.63) is 157 Å². The fourth-order valence-electron chi connectivity index (χ4n) is 4.94. The van der Waals surface area contributed by atoms with E-state index in [4.69, 9.17) is 9.97 Å². The number of aliphatic carboxylic acids is 1. The summed E-state index contributed by atoms with van der Waals surface area (Å²) < 4.78 is 14.3. The maximum absolute atomic E-state index is 14.3. The van der Waals surface area contributed by atoms with Crippen molar-refractivity contribution in [1.29, 1.82) is 0 Å². The maximum atomic E-state index is 14.3. The van der Waals surface area contributed by atoms with E-state index in [0.717, 1.165) is 33.4 Å². The van der Waals surface area contributed by atoms with Crippen molar-refractivity contribution in [2.75, 3.05) is 0 Å². The topological polar surface area (TPSA) is 63.1 Å². The van der Waals surface area contributed by atoms with Crippen LogP contribution in [0.4, 0.5) is 4.39 Å². The number of carboxylic acids is 1. The Kier molecular flexibility index (Phi) is 10.9. The van der Waals surface area contributed by atoms with E-state index >= 15 is 0 Å². The highest BCUT2D eigenvalue weighted by Crippen LogP contribution is 2.35. The van der Waals surface area contributed by atoms with Gasteiger partial charge in [0.2, 0.25) is 0 Å². The van der Waals surface area contributed by atoms with Crippen LogP contribution in [-0.2, 0) is 11.2 Å². The molecule has 44 heavy (non-hydrogen) atoms. The number of benzene rings is 3. The number of nitrogens with zero attached hydrogens (tertiary/aromatic N) is 2. The molecule has 0 aliphatic carbocycles. The van der Waals surface area contributed by atoms with E-state index in [0.29, 0.717) is 28.3 Å². The van der Waals surface area contributed by atoms with Gasteiger partial charge in [0.15, 0.2) is 5.82 Å². The molecule has 4 aromatic rings. The van der Waals surface area contributed by atoms with E-state index in [1.165, 1.54) is 12.1 Å². The molecule has 0 radical (unpaired) electrons. The van der Waals surface area contributed by atoms with E-state index in [2.05, 4.69) is 13.2 Å². The summed E-state index contributed by atoms with van der Waals surface area (Å²) in [6.07, 6.45) is 15.4. The summed E-state index contributed by atoms with van der Waals surface area (Å²) in [6, 6.07) is 22.0. The predicted molar refractivity (Wildman–Crippen MR) is 180 cm³/mol. The number of allylic oxidation sites excluding steroid dienone is 10. The van der Waals surface area contributed by atoms with Gasteiger partial charge in [-0.15, -0.1) is 0 Å². The minimum atomic E-state index is -0.919. The quantitative estimate of drug-likeness (QED) is 0.169. The Morgan fingerprint density at radius 2 is 1.27 bits per heavy atom. The van der Waals surface area contributed by atoms with Crippen LogP contribution in [0.2, 0.25) is 0 Å². The molecule has 0 spiro atoms. The Bertz CT molecular complexity index is 1680. The van der Waals surface area contributed by atoms with Crippen molar-refractivity contribution in [1.82, 2.24) is 9.97 Å². The van der Waals surface area contributed by atoms with Gasteiger partial charge in [0, 0.05) is 28.7 Å². The smallest absolute Gasteiger partial charge is 0.303 e. The first kappa shape index (κ1) is 31.5. The lowest BCUT2D eigenvalue weighted by Crippen LogP contribution is -2.06. The van der Waals surface area contributed by atoms with Crippen molar-refractivity contribution in [3.63, 3.8) is 0 Å². The predicted octanol–water partition coefficient (Wildman–Crippen LogP) is 9.92. The number of carbonyl (C=O) groups is 1. The summed E-state index contributed by atoms with van der Waals surface area (Å²) in [6.45, 7) is 11.6. The zero-order valence-corrected chi connectivity index (χ0v) is 25.0. The third kappa shape index (κ3) is 7.69. The molecule has 0 saturated heterocycles. The maximum Gasteiger partial charge on any atom is 0.303 e. The minimum absolute atomic E-state index is 0.0974. The van der Waals surface area contributed by atoms with Crippen LogP contribution >= 0.6 is 0 Å². The molecule has 0 aliphatic heterocycles. The van der Waals surface area contributed by atoms with E-state index in [-0.39, 0.29) is 12.8 Å². The second-order valence-corrected chi connectivity index (χ2v) is 10.00. The monoisotopic (exact) mass is 582 g/mol. The Balaban J connectivity index is 1.96. The van der Waals surface area contributed by atoms with Crippen LogP contribution in [-0.4, -0.2) is 21.0 Å². The van der Waals surface area contributed by atoms with Gasteiger partial charge in [-0.1, -0.05) is 122 Å². The van der Waals surface area contributed by atoms with Gasteiger partial charge in [0.1, 0.15) is 5.82 Å². The van der Waals surface area contributed by atoms with Gasteiger partial charge in [-0.05, 0) is 54.7 Å². The Hall–Kier alpha value is -5.42. The second kappa shape index (κ2) is 15.2. The highest BCUT2D eigenvalue weighted by Gasteiger charge is 2.20. The lowest BCUT2D eigenvalue weighted by atomic mass is 9.94. The largest absolute Gasteiger partial charge is 0.481 e. The first-order valence-electron chi connectivity index (χ1n) is 14.4. The van der Waals surface area contributed by atoms with Crippen LogP contribution in [0.5, 0.6) is 0 Å². The summed E-state index contributed by atoms with van der Waals surface area (Å²) in [5.74, 6) is -0.962. The molecule has 0 bridgehead atoms. The zero-order valence-electron chi connectivity index (χ0n) is 25.0. The van der Waals surface area contributed by atoms with Crippen LogP contribution in [0.25, 0.3) is 45.0 Å². The molecule has 0 amide bonds. The van der Waals surface area contributed by atoms with Crippen LogP contribution in [0, 0.1) is 5.82 Å². The summed E-state index contributed by atoms with van der Waals surface area (Å²) in [5.41, 5.74) is 8.05. The third-order valence-corrected chi connectivity index (χ3v) is 6.95. The van der Waals surface area contributed by atoms with Gasteiger partial charge in [-0.2, -0.15) is 0 Å². The van der Waals surface area contributed by atoms with Crippen molar-refractivity contribution in [2.24, 2.45) is 0 Å². The standard InChI is InChI=1S/C39H35FN2O2/c1-5-10-27(11-6-2)29-16-20-31(21-17-29)37-35(24-25-36(43)44)38(42-39(41-37)33-14-9-15-34(40)26-33)32-22-18-30(19-23-32)28(12-7-3)13-8-4/h5-23,26H,1,3,24-25H2,2,4H3,(H,43,44)/b11-6-,13-8-,27-10+,28-12+. The Morgan fingerprint density at radius 1 is 0.773 bits per heavy atom. The molecule has 1 aromatic heterocycles. The van der Waals surface area contributed by atoms with Gasteiger partial charge in [-0.25, -0.2) is 14.4 Å². The lowest BCUT2D eigenvalue weighted by molar-refractivity contribution is -0.136. The highest BCUT2D eigenvalue weighted by atomic mass is 19.1. The van der Waals surface area contributed by atoms with E-state index in [1.807, 2.05) is 98.8 Å². The number of carboxylic acid groups (broad SMARTS) is 1. The van der Waals surface area contributed by atoms with Gasteiger partial charge in [0.25, 0.3) is 0 Å². The van der Waals surface area contributed by atoms with Crippen LogP contribution in [0.1, 0.15) is 37.0 Å². The summed E-state index contributed by atoms with van der Waals surface area (Å²) >= 11 is 0. The molecule has 0 fully saturated rings. The van der Waals surface area contributed by atoms with E-state index in [9.17, 15) is 14.3 Å². The van der Waals surface area contributed by atoms with Crippen molar-refractivity contribution >= 4 is 17.1 Å². The molecule has 220 valence electrons. The zero-order chi connectivity index (χ0) is 31.5. The summed E-state index contributed by atoms with van der Waals surface area (Å²) in [7, 11) is 0. The molecule has 1 heterocycles. The van der Waals surface area contributed by atoms with E-state index < -0.39 is 11.8 Å². The van der Waals surface area contributed by atoms with Crippen molar-refractivity contribution in [3.8, 4) is 33.9 Å². The molecular weight excluding hydrogens is 547 g/mol. The van der Waals surface area contributed by atoms with Crippen LogP contribution in [0.3, 0.4) is 0 Å². The van der Waals surface area contributed by atoms with Gasteiger partial charge in [-0.3, -0.25) is 4.79 Å². The molecule has 5 heteroatoms. The molecule has 0 saturated carbocycles. The Labute approximate surface area is 258 Å². The van der Waals surface area contributed by atoms with Crippen LogP contribution < -0.4 is 0 Å². The van der Waals surface area contributed by atoms with Gasteiger partial charge in [0.05, 0.1) is 11.4 Å². The molecule has 4 nitrogen and oxygen atoms in total. The normalized spacial score (nSPS) is 12.2. The number of halogens is 1. The molecule has 0 unspecified atom stereocenters. The molecule has 0 atom stereocenters. The van der Waals surface area contributed by atoms with Crippen molar-refractivity contribution in [2.45, 2.75) is 26.7 Å². The summed E-state index contributed by atoms with van der Waals surface area (Å²) in [4.78, 5) is 21.6. The SMILES string of the molecule is C=C/C=C(\C=C/C)c1ccc(-c2nc(-c3cccc(F)c3)nc(-c3ccc(C(/C=C\C)=C/C=C)cc3)c2CCC(=O)O)cc1. The Morgan fingerprint density at radius 3 is 1.68 bits per heavy atom. The first-order chi connectivity index (χ1) is 21.4. The average Bonchev–Trinajstić information content (AvgIpc) is 3.03. The fraction of sp³-hybridized carbons (Fsp3) is 0.103. The minimum Gasteiger partial charge on any atom is -0.481 e. The highest BCUT2D eigenvalue weighted by molar-refractivity contribution is 5.82.